The number of ether oxygens (including phenoxy) is 2. The molecule has 0 aromatic rings. The van der Waals surface area contributed by atoms with Crippen molar-refractivity contribution >= 4 is 0 Å². The fraction of sp³-hybridized carbons (Fsp3) is 1.00. The van der Waals surface area contributed by atoms with Gasteiger partial charge in [-0.25, -0.2) is 0 Å². The third kappa shape index (κ3) is 2.13. The summed E-state index contributed by atoms with van der Waals surface area (Å²) in [5.41, 5.74) is -0.261. The molecule has 2 aliphatic rings. The predicted molar refractivity (Wildman–Crippen MR) is 62.4 cm³/mol. The summed E-state index contributed by atoms with van der Waals surface area (Å²) in [5.74, 6) is 0. The molecule has 2 rings (SSSR count). The van der Waals surface area contributed by atoms with Crippen LogP contribution in [-0.4, -0.2) is 35.1 Å². The molecule has 4 atom stereocenters. The number of hydrogen-bond donors (Lipinski definition) is 1. The molecule has 0 saturated carbocycles. The highest BCUT2D eigenvalue weighted by atomic mass is 16.6. The van der Waals surface area contributed by atoms with Crippen LogP contribution >= 0.6 is 0 Å². The molecule has 94 valence electrons. The van der Waals surface area contributed by atoms with Gasteiger partial charge in [-0.2, -0.15) is 0 Å². The van der Waals surface area contributed by atoms with Crippen LogP contribution < -0.4 is 0 Å². The first-order chi connectivity index (χ1) is 7.52. The molecule has 0 bridgehead atoms. The van der Waals surface area contributed by atoms with E-state index in [1.54, 1.807) is 0 Å². The van der Waals surface area contributed by atoms with Crippen LogP contribution in [0.15, 0.2) is 0 Å². The number of aliphatic hydroxyl groups is 1. The van der Waals surface area contributed by atoms with Gasteiger partial charge < -0.3 is 14.6 Å². The summed E-state index contributed by atoms with van der Waals surface area (Å²) in [6.45, 7) is 7.09. The fourth-order valence-corrected chi connectivity index (χ4v) is 2.88. The minimum absolute atomic E-state index is 0.0515. The Morgan fingerprint density at radius 1 is 1.50 bits per heavy atom. The Morgan fingerprint density at radius 3 is 2.62 bits per heavy atom. The smallest absolute Gasteiger partial charge is 0.0943 e. The molecule has 0 aromatic carbocycles. The van der Waals surface area contributed by atoms with Crippen LogP contribution in [0.1, 0.15) is 52.9 Å². The van der Waals surface area contributed by atoms with Crippen LogP contribution in [0.5, 0.6) is 0 Å². The molecule has 0 unspecified atom stereocenters. The zero-order valence-corrected chi connectivity index (χ0v) is 10.7. The van der Waals surface area contributed by atoms with Gasteiger partial charge in [-0.05, 0) is 46.0 Å². The Kier molecular flexibility index (Phi) is 3.30. The Labute approximate surface area is 98.1 Å². The van der Waals surface area contributed by atoms with Crippen molar-refractivity contribution < 1.29 is 14.6 Å². The first-order valence-electron chi connectivity index (χ1n) is 6.52. The summed E-state index contributed by atoms with van der Waals surface area (Å²) >= 11 is 0. The van der Waals surface area contributed by atoms with Gasteiger partial charge in [0.05, 0.1) is 23.4 Å². The summed E-state index contributed by atoms with van der Waals surface area (Å²) in [4.78, 5) is 0. The van der Waals surface area contributed by atoms with E-state index >= 15 is 0 Å². The van der Waals surface area contributed by atoms with Gasteiger partial charge in [0.15, 0.2) is 0 Å². The molecule has 0 spiro atoms. The quantitative estimate of drug-likeness (QED) is 0.734. The number of rotatable bonds is 5. The lowest BCUT2D eigenvalue weighted by Crippen LogP contribution is -2.39. The lowest BCUT2D eigenvalue weighted by atomic mass is 9.88. The van der Waals surface area contributed by atoms with E-state index in [0.717, 1.165) is 38.7 Å². The van der Waals surface area contributed by atoms with Crippen LogP contribution in [0, 0.1) is 0 Å². The van der Waals surface area contributed by atoms with Crippen molar-refractivity contribution in [3.8, 4) is 0 Å². The summed E-state index contributed by atoms with van der Waals surface area (Å²) in [5, 5.41) is 10.2. The Balaban J connectivity index is 1.81. The van der Waals surface area contributed by atoms with E-state index in [1.165, 1.54) is 0 Å². The van der Waals surface area contributed by atoms with E-state index in [9.17, 15) is 5.11 Å². The summed E-state index contributed by atoms with van der Waals surface area (Å²) < 4.78 is 11.3. The van der Waals surface area contributed by atoms with Gasteiger partial charge in [0.2, 0.25) is 0 Å². The highest BCUT2D eigenvalue weighted by molar-refractivity contribution is 5.00. The van der Waals surface area contributed by atoms with Gasteiger partial charge in [-0.3, -0.25) is 0 Å². The van der Waals surface area contributed by atoms with Crippen molar-refractivity contribution in [2.24, 2.45) is 0 Å². The molecule has 0 amide bonds. The van der Waals surface area contributed by atoms with Crippen LogP contribution in [0.25, 0.3) is 0 Å². The lowest BCUT2D eigenvalue weighted by molar-refractivity contribution is -0.0825. The Bertz CT molecular complexity index is 244. The summed E-state index contributed by atoms with van der Waals surface area (Å²) in [7, 11) is 0. The van der Waals surface area contributed by atoms with Crippen molar-refractivity contribution in [3.63, 3.8) is 0 Å². The van der Waals surface area contributed by atoms with Gasteiger partial charge in [-0.15, -0.1) is 0 Å². The molecule has 2 fully saturated rings. The summed E-state index contributed by atoms with van der Waals surface area (Å²) in [6, 6.07) is 0. The molecular weight excluding hydrogens is 204 g/mol. The van der Waals surface area contributed by atoms with Crippen molar-refractivity contribution in [1.82, 2.24) is 0 Å². The SMILES string of the molecule is CC[C@@]1(CC[C@@H](O)[C@]2(C)CCCO2)O[C@H]1C. The van der Waals surface area contributed by atoms with E-state index in [0.29, 0.717) is 6.10 Å². The number of aliphatic hydroxyl groups excluding tert-OH is 1. The van der Waals surface area contributed by atoms with Gasteiger partial charge >= 0.3 is 0 Å². The van der Waals surface area contributed by atoms with Crippen LogP contribution in [-0.2, 0) is 9.47 Å². The minimum atomic E-state index is -0.352. The van der Waals surface area contributed by atoms with Gasteiger partial charge in [0.25, 0.3) is 0 Å². The fourth-order valence-electron chi connectivity index (χ4n) is 2.88. The van der Waals surface area contributed by atoms with Crippen LogP contribution in [0.2, 0.25) is 0 Å². The normalized spacial score (nSPS) is 44.6. The lowest BCUT2D eigenvalue weighted by Gasteiger charge is -2.30. The average molecular weight is 228 g/mol. The van der Waals surface area contributed by atoms with Crippen molar-refractivity contribution in [1.29, 1.82) is 0 Å². The molecule has 1 N–H and O–H groups in total. The van der Waals surface area contributed by atoms with E-state index < -0.39 is 0 Å². The molecule has 3 heteroatoms. The summed E-state index contributed by atoms with van der Waals surface area (Å²) in [6.07, 6.45) is 4.83. The highest BCUT2D eigenvalue weighted by Gasteiger charge is 2.52. The monoisotopic (exact) mass is 228 g/mol. The molecule has 3 nitrogen and oxygen atoms in total. The highest BCUT2D eigenvalue weighted by Crippen LogP contribution is 2.44. The first kappa shape index (κ1) is 12.3. The van der Waals surface area contributed by atoms with E-state index in [4.69, 9.17) is 9.47 Å². The van der Waals surface area contributed by atoms with Gasteiger partial charge in [0, 0.05) is 6.61 Å². The molecular formula is C13H24O3. The van der Waals surface area contributed by atoms with E-state index in [2.05, 4.69) is 13.8 Å². The van der Waals surface area contributed by atoms with Crippen LogP contribution in [0.4, 0.5) is 0 Å². The zero-order chi connectivity index (χ0) is 11.8. The molecule has 2 saturated heterocycles. The van der Waals surface area contributed by atoms with Crippen molar-refractivity contribution in [2.75, 3.05) is 6.61 Å². The maximum Gasteiger partial charge on any atom is 0.0943 e. The maximum atomic E-state index is 10.2. The number of epoxide rings is 1. The molecule has 0 aromatic heterocycles. The standard InChI is InChI=1S/C13H24O3/c1-4-13(10(2)16-13)8-6-11(14)12(3)7-5-9-15-12/h10-11,14H,4-9H2,1-3H3/t10-,11+,12-,13-/m0/s1. The van der Waals surface area contributed by atoms with E-state index in [1.807, 2.05) is 6.92 Å². The molecule has 2 aliphatic heterocycles. The predicted octanol–water partition coefficient (Wildman–Crippen LogP) is 2.26. The first-order valence-corrected chi connectivity index (χ1v) is 6.52. The molecule has 2 heterocycles. The van der Waals surface area contributed by atoms with E-state index in [-0.39, 0.29) is 17.3 Å². The average Bonchev–Trinajstić information content (AvgIpc) is 2.70. The Morgan fingerprint density at radius 2 is 2.19 bits per heavy atom. The second-order valence-corrected chi connectivity index (χ2v) is 5.50. The molecule has 16 heavy (non-hydrogen) atoms. The van der Waals surface area contributed by atoms with Gasteiger partial charge in [-0.1, -0.05) is 6.92 Å². The second-order valence-electron chi connectivity index (χ2n) is 5.50. The minimum Gasteiger partial charge on any atom is -0.390 e. The third-order valence-corrected chi connectivity index (χ3v) is 4.49. The van der Waals surface area contributed by atoms with Crippen molar-refractivity contribution in [3.05, 3.63) is 0 Å². The Hall–Kier alpha value is -0.120. The van der Waals surface area contributed by atoms with Gasteiger partial charge in [0.1, 0.15) is 0 Å². The largest absolute Gasteiger partial charge is 0.390 e. The third-order valence-electron chi connectivity index (χ3n) is 4.49. The topological polar surface area (TPSA) is 42.0 Å². The number of hydrogen-bond acceptors (Lipinski definition) is 3. The maximum absolute atomic E-state index is 10.2. The van der Waals surface area contributed by atoms with Crippen molar-refractivity contribution in [2.45, 2.75) is 76.3 Å². The van der Waals surface area contributed by atoms with Crippen LogP contribution in [0.3, 0.4) is 0 Å². The second kappa shape index (κ2) is 4.28. The molecule has 0 aliphatic carbocycles. The zero-order valence-electron chi connectivity index (χ0n) is 10.7. The molecule has 0 radical (unpaired) electrons.